The molecule has 1 heterocycles. The summed E-state index contributed by atoms with van der Waals surface area (Å²) in [5.74, 6) is 1.80. The first-order valence-electron chi connectivity index (χ1n) is 6.63. The normalized spacial score (nSPS) is 14.8. The third-order valence-corrected chi connectivity index (χ3v) is 3.57. The molecule has 100 valence electrons. The van der Waals surface area contributed by atoms with E-state index in [2.05, 4.69) is 33.8 Å². The number of methoxy groups -OCH3 is 1. The van der Waals surface area contributed by atoms with Crippen molar-refractivity contribution in [3.8, 4) is 11.3 Å². The van der Waals surface area contributed by atoms with E-state index in [9.17, 15) is 0 Å². The molecular weight excluding hydrogens is 238 g/mol. The second-order valence-corrected chi connectivity index (χ2v) is 5.12. The molecule has 0 atom stereocenters. The number of nitrogen functional groups attached to an aromatic ring is 1. The Morgan fingerprint density at radius 1 is 1.32 bits per heavy atom. The van der Waals surface area contributed by atoms with Crippen LogP contribution in [0, 0.1) is 6.92 Å². The van der Waals surface area contributed by atoms with Gasteiger partial charge in [-0.1, -0.05) is 24.3 Å². The van der Waals surface area contributed by atoms with Gasteiger partial charge in [-0.3, -0.25) is 0 Å². The van der Waals surface area contributed by atoms with Crippen molar-refractivity contribution in [3.05, 3.63) is 35.7 Å². The van der Waals surface area contributed by atoms with Gasteiger partial charge in [0.2, 0.25) is 0 Å². The standard InChI is InChI=1S/C15H19N3O/c1-10-17-14(15(16)18(10)13-7-8-13)12-5-3-11(4-6-12)9-19-2/h3-6,13H,7-9,16H2,1-2H3. The number of rotatable bonds is 4. The lowest BCUT2D eigenvalue weighted by Gasteiger charge is -2.05. The number of hydrogen-bond acceptors (Lipinski definition) is 3. The Hall–Kier alpha value is -1.81. The molecule has 0 bridgehead atoms. The van der Waals surface area contributed by atoms with Gasteiger partial charge in [0.15, 0.2) is 0 Å². The van der Waals surface area contributed by atoms with E-state index < -0.39 is 0 Å². The van der Waals surface area contributed by atoms with Crippen LogP contribution in [0.5, 0.6) is 0 Å². The summed E-state index contributed by atoms with van der Waals surface area (Å²) in [6, 6.07) is 8.80. The fourth-order valence-electron chi connectivity index (χ4n) is 2.49. The van der Waals surface area contributed by atoms with E-state index in [1.807, 2.05) is 6.92 Å². The summed E-state index contributed by atoms with van der Waals surface area (Å²) < 4.78 is 7.28. The van der Waals surface area contributed by atoms with Crippen molar-refractivity contribution in [2.75, 3.05) is 12.8 Å². The number of benzene rings is 1. The van der Waals surface area contributed by atoms with E-state index in [-0.39, 0.29) is 0 Å². The van der Waals surface area contributed by atoms with Crippen LogP contribution in [-0.4, -0.2) is 16.7 Å². The van der Waals surface area contributed by atoms with Crippen LogP contribution in [-0.2, 0) is 11.3 Å². The summed E-state index contributed by atoms with van der Waals surface area (Å²) in [4.78, 5) is 4.62. The summed E-state index contributed by atoms with van der Waals surface area (Å²) in [7, 11) is 1.70. The zero-order valence-electron chi connectivity index (χ0n) is 11.4. The summed E-state index contributed by atoms with van der Waals surface area (Å²) in [6.07, 6.45) is 2.43. The van der Waals surface area contributed by atoms with Crippen LogP contribution in [0.4, 0.5) is 5.82 Å². The van der Waals surface area contributed by atoms with E-state index in [1.165, 1.54) is 12.8 Å². The predicted octanol–water partition coefficient (Wildman–Crippen LogP) is 2.92. The highest BCUT2D eigenvalue weighted by atomic mass is 16.5. The molecule has 2 aromatic rings. The Morgan fingerprint density at radius 2 is 2.00 bits per heavy atom. The number of aromatic nitrogens is 2. The molecule has 1 aliphatic carbocycles. The van der Waals surface area contributed by atoms with Crippen molar-refractivity contribution in [3.63, 3.8) is 0 Å². The minimum atomic E-state index is 0.564. The third kappa shape index (κ3) is 2.24. The van der Waals surface area contributed by atoms with Gasteiger partial charge in [0.1, 0.15) is 17.3 Å². The number of imidazole rings is 1. The van der Waals surface area contributed by atoms with E-state index >= 15 is 0 Å². The number of nitrogens with zero attached hydrogens (tertiary/aromatic N) is 2. The Kier molecular flexibility index (Phi) is 3.03. The van der Waals surface area contributed by atoms with Gasteiger partial charge in [-0.15, -0.1) is 0 Å². The highest BCUT2D eigenvalue weighted by molar-refractivity contribution is 5.71. The largest absolute Gasteiger partial charge is 0.383 e. The molecule has 1 aromatic heterocycles. The first kappa shape index (κ1) is 12.2. The average Bonchev–Trinajstić information content (AvgIpc) is 3.18. The van der Waals surface area contributed by atoms with Gasteiger partial charge in [-0.25, -0.2) is 4.98 Å². The molecule has 4 nitrogen and oxygen atoms in total. The Bertz CT molecular complexity index is 582. The maximum atomic E-state index is 6.25. The average molecular weight is 257 g/mol. The Labute approximate surface area is 113 Å². The van der Waals surface area contributed by atoms with Crippen LogP contribution in [0.1, 0.15) is 30.3 Å². The fraction of sp³-hybridized carbons (Fsp3) is 0.400. The van der Waals surface area contributed by atoms with Crippen LogP contribution in [0.25, 0.3) is 11.3 Å². The minimum absolute atomic E-state index is 0.564. The highest BCUT2D eigenvalue weighted by Crippen LogP contribution is 2.40. The lowest BCUT2D eigenvalue weighted by atomic mass is 10.1. The molecule has 1 saturated carbocycles. The molecule has 0 amide bonds. The topological polar surface area (TPSA) is 53.1 Å². The van der Waals surface area contributed by atoms with Gasteiger partial charge in [0, 0.05) is 18.7 Å². The van der Waals surface area contributed by atoms with Crippen LogP contribution in [0.15, 0.2) is 24.3 Å². The monoisotopic (exact) mass is 257 g/mol. The smallest absolute Gasteiger partial charge is 0.131 e. The predicted molar refractivity (Wildman–Crippen MR) is 75.8 cm³/mol. The van der Waals surface area contributed by atoms with Gasteiger partial charge >= 0.3 is 0 Å². The summed E-state index contributed by atoms with van der Waals surface area (Å²) in [5.41, 5.74) is 9.37. The first-order chi connectivity index (χ1) is 9.20. The molecule has 2 N–H and O–H groups in total. The van der Waals surface area contributed by atoms with Crippen molar-refractivity contribution in [2.45, 2.75) is 32.4 Å². The molecule has 0 saturated heterocycles. The van der Waals surface area contributed by atoms with E-state index in [0.717, 1.165) is 28.5 Å². The van der Waals surface area contributed by atoms with Crippen molar-refractivity contribution < 1.29 is 4.74 Å². The molecule has 3 rings (SSSR count). The van der Waals surface area contributed by atoms with Gasteiger partial charge < -0.3 is 15.0 Å². The maximum absolute atomic E-state index is 6.25. The lowest BCUT2D eigenvalue weighted by molar-refractivity contribution is 0.185. The molecule has 0 radical (unpaired) electrons. The zero-order valence-corrected chi connectivity index (χ0v) is 11.4. The molecular formula is C15H19N3O. The van der Waals surface area contributed by atoms with Gasteiger partial charge in [0.05, 0.1) is 6.61 Å². The molecule has 19 heavy (non-hydrogen) atoms. The summed E-state index contributed by atoms with van der Waals surface area (Å²) in [5, 5.41) is 0. The van der Waals surface area contributed by atoms with E-state index in [0.29, 0.717) is 12.6 Å². The SMILES string of the molecule is COCc1ccc(-c2nc(C)n(C3CC3)c2N)cc1. The molecule has 0 aliphatic heterocycles. The lowest BCUT2D eigenvalue weighted by Crippen LogP contribution is -2.02. The highest BCUT2D eigenvalue weighted by Gasteiger charge is 2.28. The van der Waals surface area contributed by atoms with Crippen LogP contribution < -0.4 is 5.73 Å². The number of hydrogen-bond donors (Lipinski definition) is 1. The number of aryl methyl sites for hydroxylation is 1. The fourth-order valence-corrected chi connectivity index (χ4v) is 2.49. The molecule has 1 aromatic carbocycles. The molecule has 0 unspecified atom stereocenters. The molecule has 4 heteroatoms. The number of anilines is 1. The van der Waals surface area contributed by atoms with Gasteiger partial charge in [-0.2, -0.15) is 0 Å². The van der Waals surface area contributed by atoms with Gasteiger partial charge in [0.25, 0.3) is 0 Å². The van der Waals surface area contributed by atoms with E-state index in [4.69, 9.17) is 10.5 Å². The van der Waals surface area contributed by atoms with Crippen molar-refractivity contribution in [1.29, 1.82) is 0 Å². The summed E-state index contributed by atoms with van der Waals surface area (Å²) >= 11 is 0. The zero-order chi connectivity index (χ0) is 13.4. The number of nitrogens with two attached hydrogens (primary N) is 1. The van der Waals surface area contributed by atoms with Gasteiger partial charge in [-0.05, 0) is 25.3 Å². The van der Waals surface area contributed by atoms with Crippen molar-refractivity contribution in [2.24, 2.45) is 0 Å². The van der Waals surface area contributed by atoms with Crippen LogP contribution in [0.3, 0.4) is 0 Å². The molecule has 1 aliphatic rings. The Balaban J connectivity index is 1.95. The number of ether oxygens (including phenoxy) is 1. The second-order valence-electron chi connectivity index (χ2n) is 5.12. The second kappa shape index (κ2) is 4.70. The molecule has 0 spiro atoms. The molecule has 1 fully saturated rings. The van der Waals surface area contributed by atoms with Crippen molar-refractivity contribution >= 4 is 5.82 Å². The quantitative estimate of drug-likeness (QED) is 0.916. The third-order valence-electron chi connectivity index (χ3n) is 3.57. The maximum Gasteiger partial charge on any atom is 0.131 e. The van der Waals surface area contributed by atoms with Crippen LogP contribution >= 0.6 is 0 Å². The Morgan fingerprint density at radius 3 is 2.58 bits per heavy atom. The van der Waals surface area contributed by atoms with E-state index in [1.54, 1.807) is 7.11 Å². The minimum Gasteiger partial charge on any atom is -0.383 e. The van der Waals surface area contributed by atoms with Crippen molar-refractivity contribution in [1.82, 2.24) is 9.55 Å². The first-order valence-corrected chi connectivity index (χ1v) is 6.63. The summed E-state index contributed by atoms with van der Waals surface area (Å²) in [6.45, 7) is 2.66. The van der Waals surface area contributed by atoms with Crippen LogP contribution in [0.2, 0.25) is 0 Å².